The number of rotatable bonds is 4. The average molecular weight is 292 g/mol. The normalized spacial score (nSPS) is 21.0. The molecule has 1 unspecified atom stereocenters. The molecule has 0 bridgehead atoms. The summed E-state index contributed by atoms with van der Waals surface area (Å²) in [6, 6.07) is 5.34. The van der Waals surface area contributed by atoms with Crippen molar-refractivity contribution in [3.05, 3.63) is 41.2 Å². The summed E-state index contributed by atoms with van der Waals surface area (Å²) in [6.07, 6.45) is 2.26. The number of carboxylic acids is 1. The van der Waals surface area contributed by atoms with Gasteiger partial charge in [0.2, 0.25) is 0 Å². The Morgan fingerprint density at radius 1 is 1.48 bits per heavy atom. The Bertz CT molecular complexity index is 545. The van der Waals surface area contributed by atoms with Crippen molar-refractivity contribution in [2.24, 2.45) is 0 Å². The summed E-state index contributed by atoms with van der Waals surface area (Å²) in [7, 11) is 2.11. The standard InChI is InChI=1S/C16H21FN2O2/c1-12-10-18(2)7-8-19(12)11-13-3-5-15(17)14(9-13)4-6-16(20)21/h3-6,9,12H,7-8,10-11H2,1-2H3,(H,20,21)/b6-4+. The van der Waals surface area contributed by atoms with Crippen LogP contribution in [0.3, 0.4) is 0 Å². The number of aliphatic carboxylic acids is 1. The smallest absolute Gasteiger partial charge is 0.328 e. The second-order valence-corrected chi connectivity index (χ2v) is 5.61. The van der Waals surface area contributed by atoms with Gasteiger partial charge in [-0.2, -0.15) is 0 Å². The third-order valence-corrected chi connectivity index (χ3v) is 3.82. The Balaban J connectivity index is 2.10. The Morgan fingerprint density at radius 2 is 2.24 bits per heavy atom. The van der Waals surface area contributed by atoms with E-state index in [9.17, 15) is 9.18 Å². The Kier molecular flexibility index (Phi) is 5.09. The fraction of sp³-hybridized carbons (Fsp3) is 0.438. The Hall–Kier alpha value is -1.72. The van der Waals surface area contributed by atoms with Gasteiger partial charge in [-0.25, -0.2) is 9.18 Å². The van der Waals surface area contributed by atoms with Crippen molar-refractivity contribution >= 4 is 12.0 Å². The van der Waals surface area contributed by atoms with Gasteiger partial charge in [-0.15, -0.1) is 0 Å². The van der Waals surface area contributed by atoms with Crippen LogP contribution >= 0.6 is 0 Å². The predicted molar refractivity (Wildman–Crippen MR) is 80.4 cm³/mol. The molecule has 1 atom stereocenters. The predicted octanol–water partition coefficient (Wildman–Crippen LogP) is 2.06. The molecule has 1 aliphatic rings. The first-order valence-corrected chi connectivity index (χ1v) is 7.07. The van der Waals surface area contributed by atoms with Crippen LogP contribution in [0.15, 0.2) is 24.3 Å². The molecule has 0 aliphatic carbocycles. The first kappa shape index (κ1) is 15.7. The van der Waals surface area contributed by atoms with Crippen LogP contribution in [0.25, 0.3) is 6.08 Å². The number of likely N-dealkylation sites (N-methyl/N-ethyl adjacent to an activating group) is 1. The highest BCUT2D eigenvalue weighted by molar-refractivity contribution is 5.85. The number of hydrogen-bond donors (Lipinski definition) is 1. The molecule has 0 radical (unpaired) electrons. The Labute approximate surface area is 124 Å². The van der Waals surface area contributed by atoms with Gasteiger partial charge in [-0.05, 0) is 37.7 Å². The molecule has 1 aliphatic heterocycles. The summed E-state index contributed by atoms with van der Waals surface area (Å²) in [4.78, 5) is 15.2. The molecule has 1 saturated heterocycles. The van der Waals surface area contributed by atoms with Crippen molar-refractivity contribution in [2.75, 3.05) is 26.7 Å². The summed E-state index contributed by atoms with van der Waals surface area (Å²) >= 11 is 0. The van der Waals surface area contributed by atoms with E-state index in [1.54, 1.807) is 12.1 Å². The lowest BCUT2D eigenvalue weighted by Gasteiger charge is -2.38. The van der Waals surface area contributed by atoms with Gasteiger partial charge in [-0.1, -0.05) is 6.07 Å². The SMILES string of the molecule is CC1CN(C)CCN1Cc1ccc(F)c(/C=C/C(=O)O)c1. The minimum absolute atomic E-state index is 0.316. The first-order valence-electron chi connectivity index (χ1n) is 7.07. The van der Waals surface area contributed by atoms with Gasteiger partial charge in [0.15, 0.2) is 0 Å². The van der Waals surface area contributed by atoms with Gasteiger partial charge in [0.05, 0.1) is 0 Å². The second kappa shape index (κ2) is 6.83. The lowest BCUT2D eigenvalue weighted by molar-refractivity contribution is -0.131. The summed E-state index contributed by atoms with van der Waals surface area (Å²) in [5.41, 5.74) is 1.31. The number of carbonyl (C=O) groups is 1. The number of hydrogen-bond acceptors (Lipinski definition) is 3. The highest BCUT2D eigenvalue weighted by Gasteiger charge is 2.21. The number of piperazine rings is 1. The van der Waals surface area contributed by atoms with E-state index >= 15 is 0 Å². The number of benzene rings is 1. The molecular weight excluding hydrogens is 271 g/mol. The van der Waals surface area contributed by atoms with Crippen LogP contribution in [0.2, 0.25) is 0 Å². The molecule has 1 N–H and O–H groups in total. The van der Waals surface area contributed by atoms with E-state index in [1.165, 1.54) is 12.1 Å². The minimum atomic E-state index is -1.08. The minimum Gasteiger partial charge on any atom is -0.478 e. The largest absolute Gasteiger partial charge is 0.478 e. The van der Waals surface area contributed by atoms with Crippen molar-refractivity contribution in [2.45, 2.75) is 19.5 Å². The molecule has 21 heavy (non-hydrogen) atoms. The average Bonchev–Trinajstić information content (AvgIpc) is 2.42. The van der Waals surface area contributed by atoms with Gasteiger partial charge in [0.25, 0.3) is 0 Å². The maximum atomic E-state index is 13.7. The Morgan fingerprint density at radius 3 is 2.90 bits per heavy atom. The maximum absolute atomic E-state index is 13.7. The van der Waals surface area contributed by atoms with Crippen LogP contribution in [0, 0.1) is 5.82 Å². The fourth-order valence-electron chi connectivity index (χ4n) is 2.63. The highest BCUT2D eigenvalue weighted by Crippen LogP contribution is 2.17. The third kappa shape index (κ3) is 4.37. The molecule has 114 valence electrons. The zero-order valence-corrected chi connectivity index (χ0v) is 12.4. The van der Waals surface area contributed by atoms with Crippen LogP contribution in [-0.2, 0) is 11.3 Å². The van der Waals surface area contributed by atoms with Crippen molar-refractivity contribution in [1.82, 2.24) is 9.80 Å². The van der Waals surface area contributed by atoms with Gasteiger partial charge in [0.1, 0.15) is 5.82 Å². The number of carboxylic acid groups (broad SMARTS) is 1. The molecule has 1 aromatic rings. The van der Waals surface area contributed by atoms with Crippen LogP contribution < -0.4 is 0 Å². The molecule has 1 heterocycles. The second-order valence-electron chi connectivity index (χ2n) is 5.61. The van der Waals surface area contributed by atoms with Gasteiger partial charge in [-0.3, -0.25) is 4.90 Å². The highest BCUT2D eigenvalue weighted by atomic mass is 19.1. The van der Waals surface area contributed by atoms with E-state index in [0.717, 1.165) is 37.8 Å². The van der Waals surface area contributed by atoms with Gasteiger partial charge >= 0.3 is 5.97 Å². The third-order valence-electron chi connectivity index (χ3n) is 3.82. The summed E-state index contributed by atoms with van der Waals surface area (Å²) in [6.45, 7) is 5.97. The molecular formula is C16H21FN2O2. The first-order chi connectivity index (χ1) is 9.95. The van der Waals surface area contributed by atoms with Gasteiger partial charge < -0.3 is 10.0 Å². The summed E-state index contributed by atoms with van der Waals surface area (Å²) in [5.74, 6) is -1.48. The molecule has 0 spiro atoms. The van der Waals surface area contributed by atoms with E-state index in [2.05, 4.69) is 23.8 Å². The molecule has 5 heteroatoms. The lowest BCUT2D eigenvalue weighted by Crippen LogP contribution is -2.49. The monoisotopic (exact) mass is 292 g/mol. The molecule has 1 aromatic carbocycles. The molecule has 4 nitrogen and oxygen atoms in total. The van der Waals surface area contributed by atoms with Gasteiger partial charge in [0, 0.05) is 43.9 Å². The zero-order valence-electron chi connectivity index (χ0n) is 12.4. The van der Waals surface area contributed by atoms with Crippen molar-refractivity contribution in [3.63, 3.8) is 0 Å². The fourth-order valence-corrected chi connectivity index (χ4v) is 2.63. The van der Waals surface area contributed by atoms with Crippen LogP contribution in [-0.4, -0.2) is 53.6 Å². The molecule has 0 aromatic heterocycles. The van der Waals surface area contributed by atoms with Crippen LogP contribution in [0.1, 0.15) is 18.1 Å². The van der Waals surface area contributed by atoms with E-state index in [1.807, 2.05) is 0 Å². The van der Waals surface area contributed by atoms with Crippen LogP contribution in [0.4, 0.5) is 4.39 Å². The molecule has 0 amide bonds. The van der Waals surface area contributed by atoms with Crippen molar-refractivity contribution in [1.29, 1.82) is 0 Å². The topological polar surface area (TPSA) is 43.8 Å². The van der Waals surface area contributed by atoms with Crippen molar-refractivity contribution in [3.8, 4) is 0 Å². The van der Waals surface area contributed by atoms with E-state index < -0.39 is 11.8 Å². The van der Waals surface area contributed by atoms with Crippen LogP contribution in [0.5, 0.6) is 0 Å². The summed E-state index contributed by atoms with van der Waals surface area (Å²) in [5, 5.41) is 8.63. The van der Waals surface area contributed by atoms with Crippen molar-refractivity contribution < 1.29 is 14.3 Å². The van der Waals surface area contributed by atoms with E-state index in [4.69, 9.17) is 5.11 Å². The number of halogens is 1. The molecule has 0 saturated carbocycles. The lowest BCUT2D eigenvalue weighted by atomic mass is 10.1. The summed E-state index contributed by atoms with van der Waals surface area (Å²) < 4.78 is 13.7. The zero-order chi connectivity index (χ0) is 15.4. The van der Waals surface area contributed by atoms with E-state index in [-0.39, 0.29) is 0 Å². The number of nitrogens with zero attached hydrogens (tertiary/aromatic N) is 2. The maximum Gasteiger partial charge on any atom is 0.328 e. The molecule has 1 fully saturated rings. The van der Waals surface area contributed by atoms with E-state index in [0.29, 0.717) is 11.6 Å². The molecule has 2 rings (SSSR count). The quantitative estimate of drug-likeness (QED) is 0.863.